The van der Waals surface area contributed by atoms with Crippen LogP contribution < -0.4 is 4.74 Å². The Balaban J connectivity index is 1.51. The number of aromatic nitrogens is 2. The fraction of sp³-hybridized carbons (Fsp3) is 0.192. The van der Waals surface area contributed by atoms with Crippen molar-refractivity contribution in [1.29, 1.82) is 0 Å². The fourth-order valence-electron chi connectivity index (χ4n) is 4.21. The molecule has 2 aromatic carbocycles. The summed E-state index contributed by atoms with van der Waals surface area (Å²) in [7, 11) is -3.15. The molecule has 0 unspecified atom stereocenters. The molecule has 0 radical (unpaired) electrons. The van der Waals surface area contributed by atoms with E-state index in [9.17, 15) is 13.2 Å². The number of thiocarbonyl (C=S) groups is 1. The average molecular weight is 538 g/mol. The van der Waals surface area contributed by atoms with E-state index in [1.54, 1.807) is 16.8 Å². The smallest absolute Gasteiger partial charge is 0.266 e. The van der Waals surface area contributed by atoms with Crippen LogP contribution in [-0.2, 0) is 14.6 Å². The Bertz CT molecular complexity index is 1460. The number of hydrogen-bond donors (Lipinski definition) is 0. The molecular formula is C26H23N3O4S3. The second kappa shape index (κ2) is 10.0. The number of rotatable bonds is 7. The molecule has 184 valence electrons. The van der Waals surface area contributed by atoms with E-state index >= 15 is 0 Å². The zero-order chi connectivity index (χ0) is 25.3. The minimum atomic E-state index is -3.15. The maximum Gasteiger partial charge on any atom is 0.266 e. The number of ether oxygens (including phenoxy) is 1. The van der Waals surface area contributed by atoms with Gasteiger partial charge in [-0.2, -0.15) is 5.10 Å². The Labute approximate surface area is 219 Å². The van der Waals surface area contributed by atoms with Crippen molar-refractivity contribution in [2.24, 2.45) is 0 Å². The largest absolute Gasteiger partial charge is 0.490 e. The van der Waals surface area contributed by atoms with Crippen LogP contribution in [-0.4, -0.2) is 57.5 Å². The highest BCUT2D eigenvalue weighted by atomic mass is 32.2. The van der Waals surface area contributed by atoms with Gasteiger partial charge in [-0.3, -0.25) is 9.69 Å². The lowest BCUT2D eigenvalue weighted by Gasteiger charge is -2.20. The maximum atomic E-state index is 13.3. The van der Waals surface area contributed by atoms with Crippen LogP contribution >= 0.6 is 24.0 Å². The summed E-state index contributed by atoms with van der Waals surface area (Å²) < 4.78 is 31.7. The molecule has 0 spiro atoms. The van der Waals surface area contributed by atoms with Gasteiger partial charge in [-0.15, -0.1) is 0 Å². The molecule has 36 heavy (non-hydrogen) atoms. The van der Waals surface area contributed by atoms with Gasteiger partial charge < -0.3 is 4.74 Å². The molecule has 0 saturated carbocycles. The molecule has 1 aromatic heterocycles. The van der Waals surface area contributed by atoms with E-state index in [1.807, 2.05) is 60.8 Å². The summed E-state index contributed by atoms with van der Waals surface area (Å²) in [5.74, 6) is 0.479. The monoisotopic (exact) mass is 537 g/mol. The fourth-order valence-corrected chi connectivity index (χ4v) is 7.30. The Morgan fingerprint density at radius 3 is 2.58 bits per heavy atom. The topological polar surface area (TPSA) is 81.5 Å². The third kappa shape index (κ3) is 5.02. The SMILES string of the molecule is C=CCOc1ccc(-c2nn(-c3ccccc3)cc2/C=C2/SC(=S)N([C@H]3CCS(=O)(=O)C3)C2=O)cc1. The predicted molar refractivity (Wildman–Crippen MR) is 147 cm³/mol. The minimum Gasteiger partial charge on any atom is -0.490 e. The molecule has 0 aliphatic carbocycles. The van der Waals surface area contributed by atoms with Crippen LogP contribution in [0.15, 0.2) is 78.4 Å². The number of carbonyl (C=O) groups excluding carboxylic acids is 1. The molecule has 5 rings (SSSR count). The van der Waals surface area contributed by atoms with Gasteiger partial charge >= 0.3 is 0 Å². The van der Waals surface area contributed by atoms with E-state index in [-0.39, 0.29) is 17.4 Å². The van der Waals surface area contributed by atoms with Crippen molar-refractivity contribution in [2.45, 2.75) is 12.5 Å². The molecule has 10 heteroatoms. The zero-order valence-corrected chi connectivity index (χ0v) is 21.7. The summed E-state index contributed by atoms with van der Waals surface area (Å²) in [6.07, 6.45) is 5.75. The summed E-state index contributed by atoms with van der Waals surface area (Å²) in [6, 6.07) is 16.9. The van der Waals surface area contributed by atoms with Gasteiger partial charge in [0.25, 0.3) is 5.91 Å². The molecule has 0 bridgehead atoms. The molecular weight excluding hydrogens is 515 g/mol. The summed E-state index contributed by atoms with van der Waals surface area (Å²) in [6.45, 7) is 4.08. The number of nitrogens with zero attached hydrogens (tertiary/aromatic N) is 3. The first-order valence-corrected chi connectivity index (χ1v) is 14.4. The standard InChI is InChI=1S/C26H23N3O4S3/c1-2-13-33-22-10-8-18(9-11-22)24-19(16-28(27-24)20-6-4-3-5-7-20)15-23-25(30)29(26(34)35-23)21-12-14-36(31,32)17-21/h2-11,15-16,21H,1,12-14,17H2/b23-15+/t21-/m0/s1. The minimum absolute atomic E-state index is 0.0514. The van der Waals surface area contributed by atoms with Crippen molar-refractivity contribution in [3.63, 3.8) is 0 Å². The number of amides is 1. The first-order valence-electron chi connectivity index (χ1n) is 11.3. The molecule has 2 fully saturated rings. The lowest BCUT2D eigenvalue weighted by atomic mass is 10.1. The average Bonchev–Trinajstić information content (AvgIpc) is 3.53. The van der Waals surface area contributed by atoms with Crippen molar-refractivity contribution in [3.05, 3.63) is 83.9 Å². The van der Waals surface area contributed by atoms with Gasteiger partial charge in [-0.05, 0) is 48.9 Å². The van der Waals surface area contributed by atoms with Crippen molar-refractivity contribution in [3.8, 4) is 22.7 Å². The Morgan fingerprint density at radius 2 is 1.92 bits per heavy atom. The normalized spacial score (nSPS) is 20.3. The van der Waals surface area contributed by atoms with Crippen LogP contribution in [0.25, 0.3) is 23.0 Å². The third-order valence-corrected chi connectivity index (χ3v) is 9.02. The predicted octanol–water partition coefficient (Wildman–Crippen LogP) is 4.49. The highest BCUT2D eigenvalue weighted by Gasteiger charge is 2.42. The Morgan fingerprint density at radius 1 is 1.17 bits per heavy atom. The highest BCUT2D eigenvalue weighted by Crippen LogP contribution is 2.38. The number of para-hydroxylation sites is 1. The number of carbonyl (C=O) groups is 1. The third-order valence-electron chi connectivity index (χ3n) is 5.94. The zero-order valence-electron chi connectivity index (χ0n) is 19.2. The molecule has 0 N–H and O–H groups in total. The molecule has 1 atom stereocenters. The second-order valence-corrected chi connectivity index (χ2v) is 12.4. The van der Waals surface area contributed by atoms with E-state index in [0.717, 1.165) is 22.6 Å². The number of hydrogen-bond acceptors (Lipinski definition) is 7. The summed E-state index contributed by atoms with van der Waals surface area (Å²) in [4.78, 5) is 15.2. The van der Waals surface area contributed by atoms with E-state index in [1.165, 1.54) is 16.7 Å². The second-order valence-electron chi connectivity index (χ2n) is 8.45. The van der Waals surface area contributed by atoms with Crippen LogP contribution in [0.1, 0.15) is 12.0 Å². The van der Waals surface area contributed by atoms with Crippen molar-refractivity contribution in [2.75, 3.05) is 18.1 Å². The van der Waals surface area contributed by atoms with Crippen molar-refractivity contribution < 1.29 is 17.9 Å². The van der Waals surface area contributed by atoms with Gasteiger partial charge in [0, 0.05) is 17.3 Å². The molecule has 2 aliphatic rings. The van der Waals surface area contributed by atoms with Gasteiger partial charge in [0.2, 0.25) is 0 Å². The van der Waals surface area contributed by atoms with E-state index < -0.39 is 15.9 Å². The lowest BCUT2D eigenvalue weighted by molar-refractivity contribution is -0.123. The first kappa shape index (κ1) is 24.5. The van der Waals surface area contributed by atoms with E-state index in [2.05, 4.69) is 6.58 Å². The molecule has 1 amide bonds. The van der Waals surface area contributed by atoms with Gasteiger partial charge in [0.05, 0.1) is 33.8 Å². The molecule has 2 saturated heterocycles. The maximum absolute atomic E-state index is 13.3. The molecule has 2 aliphatic heterocycles. The number of thioether (sulfide) groups is 1. The Kier molecular flexibility index (Phi) is 6.83. The summed E-state index contributed by atoms with van der Waals surface area (Å²) in [5, 5.41) is 4.81. The summed E-state index contributed by atoms with van der Waals surface area (Å²) >= 11 is 6.66. The van der Waals surface area contributed by atoms with E-state index in [0.29, 0.717) is 27.9 Å². The van der Waals surface area contributed by atoms with Crippen LogP contribution in [0.3, 0.4) is 0 Å². The van der Waals surface area contributed by atoms with Crippen LogP contribution in [0.4, 0.5) is 0 Å². The lowest BCUT2D eigenvalue weighted by Crippen LogP contribution is -2.39. The number of sulfone groups is 1. The highest BCUT2D eigenvalue weighted by molar-refractivity contribution is 8.26. The number of benzene rings is 2. The van der Waals surface area contributed by atoms with Crippen LogP contribution in [0.2, 0.25) is 0 Å². The van der Waals surface area contributed by atoms with Crippen molar-refractivity contribution >= 4 is 50.1 Å². The summed E-state index contributed by atoms with van der Waals surface area (Å²) in [5.41, 5.74) is 3.19. The first-order chi connectivity index (χ1) is 17.3. The van der Waals surface area contributed by atoms with E-state index in [4.69, 9.17) is 22.1 Å². The van der Waals surface area contributed by atoms with Gasteiger partial charge in [0.15, 0.2) is 9.84 Å². The van der Waals surface area contributed by atoms with Gasteiger partial charge in [-0.1, -0.05) is 54.8 Å². The van der Waals surface area contributed by atoms with Crippen LogP contribution in [0, 0.1) is 0 Å². The van der Waals surface area contributed by atoms with Gasteiger partial charge in [0.1, 0.15) is 16.7 Å². The van der Waals surface area contributed by atoms with Gasteiger partial charge in [-0.25, -0.2) is 13.1 Å². The molecule has 3 aromatic rings. The quantitative estimate of drug-likeness (QED) is 0.250. The molecule has 3 heterocycles. The van der Waals surface area contributed by atoms with Crippen LogP contribution in [0.5, 0.6) is 5.75 Å². The molecule has 7 nitrogen and oxygen atoms in total. The Hall–Kier alpha value is -3.21. The van der Waals surface area contributed by atoms with Crippen molar-refractivity contribution in [1.82, 2.24) is 14.7 Å².